The van der Waals surface area contributed by atoms with Gasteiger partial charge in [0.1, 0.15) is 5.82 Å². The minimum Gasteiger partial charge on any atom is -0.394 e. The summed E-state index contributed by atoms with van der Waals surface area (Å²) < 4.78 is 1.76. The van der Waals surface area contributed by atoms with Gasteiger partial charge in [-0.1, -0.05) is 27.2 Å². The molecule has 0 aliphatic carbocycles. The lowest BCUT2D eigenvalue weighted by atomic mass is 9.98. The number of hydrogen-bond acceptors (Lipinski definition) is 4. The lowest BCUT2D eigenvalue weighted by Gasteiger charge is -2.26. The molecule has 0 atom stereocenters. The first kappa shape index (κ1) is 14.8. The summed E-state index contributed by atoms with van der Waals surface area (Å²) in [5.41, 5.74) is 7.03. The van der Waals surface area contributed by atoms with Crippen molar-refractivity contribution in [2.45, 2.75) is 52.1 Å². The highest BCUT2D eigenvalue weighted by Crippen LogP contribution is 2.24. The molecule has 104 valence electrons. The maximum absolute atomic E-state index is 10.2. The fourth-order valence-electron chi connectivity index (χ4n) is 1.98. The van der Waals surface area contributed by atoms with E-state index in [1.807, 2.05) is 20.9 Å². The number of nitrogen functional groups attached to an aromatic ring is 1. The Bertz CT molecular complexity index is 383. The highest BCUT2D eigenvalue weighted by Gasteiger charge is 2.23. The smallest absolute Gasteiger partial charge is 0.147 e. The number of aromatic nitrogens is 2. The molecule has 18 heavy (non-hydrogen) atoms. The first-order chi connectivity index (χ1) is 8.47. The largest absolute Gasteiger partial charge is 0.394 e. The average Bonchev–Trinajstić information content (AvgIpc) is 2.63. The van der Waals surface area contributed by atoms with Crippen LogP contribution in [0, 0.1) is 0 Å². The molecule has 0 aromatic carbocycles. The second-order valence-electron chi connectivity index (χ2n) is 4.87. The molecule has 0 aliphatic heterocycles. The molecule has 0 fully saturated rings. The van der Waals surface area contributed by atoms with Gasteiger partial charge in [-0.3, -0.25) is 4.68 Å². The van der Waals surface area contributed by atoms with E-state index >= 15 is 0 Å². The van der Waals surface area contributed by atoms with Crippen LogP contribution in [-0.2, 0) is 13.5 Å². The van der Waals surface area contributed by atoms with Crippen molar-refractivity contribution in [3.8, 4) is 0 Å². The molecule has 4 N–H and O–H groups in total. The van der Waals surface area contributed by atoms with Crippen LogP contribution in [0.25, 0.3) is 0 Å². The van der Waals surface area contributed by atoms with Gasteiger partial charge in [-0.25, -0.2) is 0 Å². The van der Waals surface area contributed by atoms with Gasteiger partial charge in [-0.15, -0.1) is 0 Å². The van der Waals surface area contributed by atoms with Crippen LogP contribution in [0.4, 0.5) is 11.5 Å². The van der Waals surface area contributed by atoms with E-state index in [0.29, 0.717) is 12.2 Å². The Hall–Kier alpha value is -1.23. The molecule has 1 rings (SSSR count). The highest BCUT2D eigenvalue weighted by molar-refractivity contribution is 5.65. The maximum Gasteiger partial charge on any atom is 0.147 e. The number of rotatable bonds is 7. The molecule has 1 heterocycles. The van der Waals surface area contributed by atoms with E-state index in [-0.39, 0.29) is 0 Å². The van der Waals surface area contributed by atoms with Gasteiger partial charge in [0.25, 0.3) is 0 Å². The molecule has 0 spiro atoms. The van der Waals surface area contributed by atoms with Crippen molar-refractivity contribution in [1.82, 2.24) is 9.78 Å². The predicted octanol–water partition coefficient (Wildman–Crippen LogP) is 1.92. The van der Waals surface area contributed by atoms with Crippen molar-refractivity contribution in [2.75, 3.05) is 17.6 Å². The molecule has 0 aliphatic rings. The molecule has 1 aromatic rings. The van der Waals surface area contributed by atoms with Gasteiger partial charge < -0.3 is 16.2 Å². The highest BCUT2D eigenvalue weighted by atomic mass is 16.3. The molecule has 1 aromatic heterocycles. The number of anilines is 2. The van der Waals surface area contributed by atoms with Gasteiger partial charge in [0.05, 0.1) is 17.0 Å². The Morgan fingerprint density at radius 3 is 2.44 bits per heavy atom. The van der Waals surface area contributed by atoms with Gasteiger partial charge in [0.15, 0.2) is 0 Å². The zero-order valence-electron chi connectivity index (χ0n) is 12.0. The zero-order valence-corrected chi connectivity index (χ0v) is 12.0. The van der Waals surface area contributed by atoms with Gasteiger partial charge in [-0.2, -0.15) is 5.10 Å². The quantitative estimate of drug-likeness (QED) is 0.695. The number of nitrogens with zero attached hydrogens (tertiary/aromatic N) is 2. The first-order valence-electron chi connectivity index (χ1n) is 6.75. The van der Waals surface area contributed by atoms with E-state index in [2.05, 4.69) is 17.3 Å². The van der Waals surface area contributed by atoms with Crippen LogP contribution in [0.2, 0.25) is 0 Å². The lowest BCUT2D eigenvalue weighted by molar-refractivity contribution is 0.0456. The number of nitrogens with two attached hydrogens (primary N) is 1. The summed E-state index contributed by atoms with van der Waals surface area (Å²) in [5.74, 6) is 0.804. The Morgan fingerprint density at radius 2 is 1.94 bits per heavy atom. The predicted molar refractivity (Wildman–Crippen MR) is 75.6 cm³/mol. The SMILES string of the molecule is CCCc1nn(C)c(NCC(O)(CC)CC)c1N. The minimum absolute atomic E-state index is 0.495. The molecule has 0 radical (unpaired) electrons. The molecule has 0 amide bonds. The van der Waals surface area contributed by atoms with Gasteiger partial charge >= 0.3 is 0 Å². The van der Waals surface area contributed by atoms with Crippen LogP contribution < -0.4 is 11.1 Å². The molecule has 0 unspecified atom stereocenters. The molecule has 0 bridgehead atoms. The van der Waals surface area contributed by atoms with Crippen molar-refractivity contribution in [1.29, 1.82) is 0 Å². The van der Waals surface area contributed by atoms with Crippen LogP contribution >= 0.6 is 0 Å². The van der Waals surface area contributed by atoms with Crippen molar-refractivity contribution in [3.05, 3.63) is 5.69 Å². The molecule has 0 saturated carbocycles. The second kappa shape index (κ2) is 6.09. The van der Waals surface area contributed by atoms with Crippen LogP contribution in [0.5, 0.6) is 0 Å². The van der Waals surface area contributed by atoms with Crippen LogP contribution in [0.15, 0.2) is 0 Å². The van der Waals surface area contributed by atoms with Gasteiger partial charge in [0.2, 0.25) is 0 Å². The summed E-state index contributed by atoms with van der Waals surface area (Å²) in [6, 6.07) is 0. The fourth-order valence-corrected chi connectivity index (χ4v) is 1.98. The summed E-state index contributed by atoms with van der Waals surface area (Å²) in [4.78, 5) is 0. The lowest BCUT2D eigenvalue weighted by Crippen LogP contribution is -2.35. The van der Waals surface area contributed by atoms with Crippen molar-refractivity contribution in [3.63, 3.8) is 0 Å². The summed E-state index contributed by atoms with van der Waals surface area (Å²) in [7, 11) is 1.87. The summed E-state index contributed by atoms with van der Waals surface area (Å²) in [6.07, 6.45) is 3.34. The average molecular weight is 254 g/mol. The number of hydrogen-bond donors (Lipinski definition) is 3. The molecule has 0 saturated heterocycles. The van der Waals surface area contributed by atoms with Gasteiger partial charge in [-0.05, 0) is 19.3 Å². The topological polar surface area (TPSA) is 76.1 Å². The Kier molecular flexibility index (Phi) is 5.02. The zero-order chi connectivity index (χ0) is 13.8. The van der Waals surface area contributed by atoms with Crippen molar-refractivity contribution < 1.29 is 5.11 Å². The first-order valence-corrected chi connectivity index (χ1v) is 6.75. The van der Waals surface area contributed by atoms with E-state index in [1.54, 1.807) is 4.68 Å². The third-order valence-corrected chi connectivity index (χ3v) is 3.55. The Balaban J connectivity index is 2.79. The van der Waals surface area contributed by atoms with E-state index < -0.39 is 5.60 Å². The fraction of sp³-hybridized carbons (Fsp3) is 0.769. The monoisotopic (exact) mass is 254 g/mol. The summed E-state index contributed by atoms with van der Waals surface area (Å²) in [6.45, 7) is 6.57. The molecular formula is C13H26N4O. The third-order valence-electron chi connectivity index (χ3n) is 3.55. The van der Waals surface area contributed by atoms with Crippen LogP contribution in [-0.4, -0.2) is 27.0 Å². The van der Waals surface area contributed by atoms with E-state index in [4.69, 9.17) is 5.73 Å². The van der Waals surface area contributed by atoms with E-state index in [1.165, 1.54) is 0 Å². The standard InChI is InChI=1S/C13H26N4O/c1-5-8-10-11(14)12(17(4)16-10)15-9-13(18,6-2)7-3/h15,18H,5-9,14H2,1-4H3. The van der Waals surface area contributed by atoms with Crippen molar-refractivity contribution in [2.24, 2.45) is 7.05 Å². The Labute approximate surface area is 109 Å². The summed E-state index contributed by atoms with van der Waals surface area (Å²) in [5, 5.41) is 17.9. The maximum atomic E-state index is 10.2. The van der Waals surface area contributed by atoms with E-state index in [0.717, 1.165) is 37.2 Å². The molecule has 5 heteroatoms. The third kappa shape index (κ3) is 3.16. The van der Waals surface area contributed by atoms with Crippen LogP contribution in [0.1, 0.15) is 45.7 Å². The minimum atomic E-state index is -0.679. The Morgan fingerprint density at radius 1 is 1.33 bits per heavy atom. The summed E-state index contributed by atoms with van der Waals surface area (Å²) >= 11 is 0. The normalized spacial score (nSPS) is 11.8. The molecular weight excluding hydrogens is 228 g/mol. The van der Waals surface area contributed by atoms with Gasteiger partial charge in [0, 0.05) is 13.6 Å². The van der Waals surface area contributed by atoms with Crippen LogP contribution in [0.3, 0.4) is 0 Å². The number of nitrogens with one attached hydrogen (secondary N) is 1. The van der Waals surface area contributed by atoms with E-state index in [9.17, 15) is 5.11 Å². The molecule has 5 nitrogen and oxygen atoms in total. The number of aryl methyl sites for hydroxylation is 2. The van der Waals surface area contributed by atoms with Crippen molar-refractivity contribution >= 4 is 11.5 Å². The number of aliphatic hydroxyl groups is 1. The second-order valence-corrected chi connectivity index (χ2v) is 4.87.